The molecule has 3 N–H and O–H groups in total. The van der Waals surface area contributed by atoms with Gasteiger partial charge in [-0.2, -0.15) is 4.98 Å². The Hall–Kier alpha value is -1.51. The minimum atomic E-state index is -1.01. The standard InChI is InChI=1S/C9H10FN3O4/c10-3-1-13-8-6(5(15)4(2-14)16-8)17-9(13)12-7(3)11/h1,4-6,8,11,14-15H,2H2/t4-,5+,6-,8+/m0/s1. The van der Waals surface area contributed by atoms with Crippen LogP contribution in [0, 0.1) is 11.2 Å². The number of aromatic nitrogens is 2. The summed E-state index contributed by atoms with van der Waals surface area (Å²) in [6, 6.07) is 0.0295. The first-order valence-electron chi connectivity index (χ1n) is 5.06. The molecule has 0 aliphatic carbocycles. The van der Waals surface area contributed by atoms with Gasteiger partial charge in [-0.3, -0.25) is 9.98 Å². The smallest absolute Gasteiger partial charge is 0.301 e. The van der Waals surface area contributed by atoms with Crippen LogP contribution in [0.25, 0.3) is 0 Å². The van der Waals surface area contributed by atoms with Gasteiger partial charge in [0.15, 0.2) is 23.6 Å². The van der Waals surface area contributed by atoms with E-state index in [-0.39, 0.29) is 12.6 Å². The number of ether oxygens (including phenoxy) is 2. The molecule has 0 bridgehead atoms. The van der Waals surface area contributed by atoms with Crippen LogP contribution in [-0.4, -0.2) is 44.7 Å². The first-order valence-corrected chi connectivity index (χ1v) is 5.06. The van der Waals surface area contributed by atoms with Crippen LogP contribution >= 0.6 is 0 Å². The van der Waals surface area contributed by atoms with Gasteiger partial charge < -0.3 is 19.7 Å². The largest absolute Gasteiger partial charge is 0.454 e. The van der Waals surface area contributed by atoms with Crippen molar-refractivity contribution < 1.29 is 24.1 Å². The summed E-state index contributed by atoms with van der Waals surface area (Å²) >= 11 is 0. The SMILES string of the molecule is N=c1nc2n(cc1F)[C@@H]1O[C@@H](CO)[C@@H](O)[C@@H]1O2. The van der Waals surface area contributed by atoms with E-state index < -0.39 is 35.8 Å². The van der Waals surface area contributed by atoms with Crippen LogP contribution < -0.4 is 10.2 Å². The van der Waals surface area contributed by atoms with E-state index in [1.165, 1.54) is 4.57 Å². The van der Waals surface area contributed by atoms with Gasteiger partial charge in [0.2, 0.25) is 0 Å². The van der Waals surface area contributed by atoms with Gasteiger partial charge in [0, 0.05) is 0 Å². The van der Waals surface area contributed by atoms with E-state index in [9.17, 15) is 9.50 Å². The highest BCUT2D eigenvalue weighted by Gasteiger charge is 2.51. The molecule has 1 aromatic heterocycles. The number of hydrogen-bond donors (Lipinski definition) is 3. The number of aliphatic hydroxyl groups is 2. The molecule has 92 valence electrons. The summed E-state index contributed by atoms with van der Waals surface area (Å²) in [5, 5.41) is 25.9. The Kier molecular flexibility index (Phi) is 2.18. The topological polar surface area (TPSA) is 101 Å². The van der Waals surface area contributed by atoms with Gasteiger partial charge in [-0.1, -0.05) is 0 Å². The molecule has 0 amide bonds. The second-order valence-corrected chi connectivity index (χ2v) is 3.95. The zero-order chi connectivity index (χ0) is 12.2. The Labute approximate surface area is 94.6 Å². The highest BCUT2D eigenvalue weighted by Crippen LogP contribution is 2.38. The molecule has 3 heterocycles. The van der Waals surface area contributed by atoms with Gasteiger partial charge in [-0.25, -0.2) is 4.39 Å². The quantitative estimate of drug-likeness (QED) is 0.558. The fourth-order valence-electron chi connectivity index (χ4n) is 2.06. The van der Waals surface area contributed by atoms with Crippen molar-refractivity contribution >= 4 is 0 Å². The summed E-state index contributed by atoms with van der Waals surface area (Å²) < 4.78 is 25.1. The van der Waals surface area contributed by atoms with Gasteiger partial charge in [-0.05, 0) is 0 Å². The molecule has 1 saturated heterocycles. The lowest BCUT2D eigenvalue weighted by molar-refractivity contribution is -0.0437. The Bertz CT molecular complexity index is 519. The Morgan fingerprint density at radius 1 is 1.59 bits per heavy atom. The predicted octanol–water partition coefficient (Wildman–Crippen LogP) is -1.49. The lowest BCUT2D eigenvalue weighted by atomic mass is 10.1. The van der Waals surface area contributed by atoms with Crippen LogP contribution in [0.1, 0.15) is 6.23 Å². The van der Waals surface area contributed by atoms with Crippen molar-refractivity contribution in [3.8, 4) is 6.01 Å². The molecule has 4 atom stereocenters. The van der Waals surface area contributed by atoms with E-state index in [1.54, 1.807) is 0 Å². The second kappa shape index (κ2) is 3.49. The van der Waals surface area contributed by atoms with Crippen LogP contribution in [0.2, 0.25) is 0 Å². The third kappa shape index (κ3) is 1.38. The summed E-state index contributed by atoms with van der Waals surface area (Å²) in [5.74, 6) is -0.802. The predicted molar refractivity (Wildman–Crippen MR) is 49.5 cm³/mol. The van der Waals surface area contributed by atoms with Crippen molar-refractivity contribution in [2.24, 2.45) is 0 Å². The summed E-state index contributed by atoms with van der Waals surface area (Å²) in [4.78, 5) is 3.60. The molecule has 8 heteroatoms. The number of nitrogens with zero attached hydrogens (tertiary/aromatic N) is 2. The zero-order valence-electron chi connectivity index (χ0n) is 8.58. The maximum Gasteiger partial charge on any atom is 0.301 e. The summed E-state index contributed by atoms with van der Waals surface area (Å²) in [6.07, 6.45) is -2.18. The van der Waals surface area contributed by atoms with E-state index in [1.807, 2.05) is 0 Å². The van der Waals surface area contributed by atoms with Gasteiger partial charge in [0.1, 0.15) is 12.2 Å². The fraction of sp³-hybridized carbons (Fsp3) is 0.556. The number of nitrogens with one attached hydrogen (secondary N) is 1. The average molecular weight is 243 g/mol. The molecule has 1 aromatic rings. The molecule has 0 unspecified atom stereocenters. The van der Waals surface area contributed by atoms with Crippen molar-refractivity contribution in [1.29, 1.82) is 5.41 Å². The van der Waals surface area contributed by atoms with Crippen molar-refractivity contribution in [1.82, 2.24) is 9.55 Å². The average Bonchev–Trinajstić information content (AvgIpc) is 2.78. The first kappa shape index (κ1) is 10.6. The van der Waals surface area contributed by atoms with Crippen LogP contribution in [0.15, 0.2) is 6.20 Å². The molecule has 17 heavy (non-hydrogen) atoms. The van der Waals surface area contributed by atoms with Gasteiger partial charge >= 0.3 is 6.01 Å². The summed E-state index contributed by atoms with van der Waals surface area (Å²) in [7, 11) is 0. The number of rotatable bonds is 1. The van der Waals surface area contributed by atoms with Gasteiger partial charge in [0.25, 0.3) is 0 Å². The van der Waals surface area contributed by atoms with Crippen molar-refractivity contribution in [2.45, 2.75) is 24.5 Å². The summed E-state index contributed by atoms with van der Waals surface area (Å²) in [6.45, 7) is -0.347. The number of hydrogen-bond acceptors (Lipinski definition) is 6. The summed E-state index contributed by atoms with van der Waals surface area (Å²) in [5.41, 5.74) is -0.524. The van der Waals surface area contributed by atoms with Crippen molar-refractivity contribution in [3.05, 3.63) is 17.5 Å². The molecule has 2 aliphatic rings. The monoisotopic (exact) mass is 243 g/mol. The molecule has 3 rings (SSSR count). The van der Waals surface area contributed by atoms with E-state index in [0.29, 0.717) is 0 Å². The van der Waals surface area contributed by atoms with Crippen LogP contribution in [0.4, 0.5) is 4.39 Å². The molecule has 0 spiro atoms. The lowest BCUT2D eigenvalue weighted by Gasteiger charge is -2.14. The van der Waals surface area contributed by atoms with Crippen LogP contribution in [0.5, 0.6) is 6.01 Å². The zero-order valence-corrected chi connectivity index (χ0v) is 8.58. The Morgan fingerprint density at radius 3 is 3.06 bits per heavy atom. The van der Waals surface area contributed by atoms with E-state index in [0.717, 1.165) is 6.20 Å². The van der Waals surface area contributed by atoms with E-state index >= 15 is 0 Å². The molecule has 0 saturated carbocycles. The molecule has 2 aliphatic heterocycles. The molecule has 0 radical (unpaired) electrons. The molecular weight excluding hydrogens is 233 g/mol. The molecular formula is C9H10FN3O4. The third-order valence-electron chi connectivity index (χ3n) is 2.92. The number of halogens is 1. The van der Waals surface area contributed by atoms with Gasteiger partial charge in [0.05, 0.1) is 12.8 Å². The van der Waals surface area contributed by atoms with Crippen molar-refractivity contribution in [2.75, 3.05) is 6.61 Å². The molecule has 1 fully saturated rings. The number of aliphatic hydroxyl groups excluding tert-OH is 2. The lowest BCUT2D eigenvalue weighted by Crippen LogP contribution is -2.34. The second-order valence-electron chi connectivity index (χ2n) is 3.95. The van der Waals surface area contributed by atoms with Gasteiger partial charge in [-0.15, -0.1) is 0 Å². The van der Waals surface area contributed by atoms with E-state index in [4.69, 9.17) is 20.0 Å². The first-order chi connectivity index (χ1) is 8.11. The Balaban J connectivity index is 2.02. The molecule has 7 nitrogen and oxygen atoms in total. The van der Waals surface area contributed by atoms with Crippen molar-refractivity contribution in [3.63, 3.8) is 0 Å². The van der Waals surface area contributed by atoms with E-state index in [2.05, 4.69) is 4.98 Å². The maximum absolute atomic E-state index is 13.2. The molecule has 0 aromatic carbocycles. The van der Waals surface area contributed by atoms with Crippen LogP contribution in [0.3, 0.4) is 0 Å². The highest BCUT2D eigenvalue weighted by atomic mass is 19.1. The minimum absolute atomic E-state index is 0.0295. The minimum Gasteiger partial charge on any atom is -0.454 e. The number of fused-ring (bicyclic) bond motifs is 3. The maximum atomic E-state index is 13.2. The fourth-order valence-corrected chi connectivity index (χ4v) is 2.06. The normalized spacial score (nSPS) is 34.3. The highest BCUT2D eigenvalue weighted by molar-refractivity contribution is 5.11. The Morgan fingerprint density at radius 2 is 2.35 bits per heavy atom. The van der Waals surface area contributed by atoms with Crippen LogP contribution in [-0.2, 0) is 4.74 Å². The third-order valence-corrected chi connectivity index (χ3v) is 2.92.